The van der Waals surface area contributed by atoms with E-state index in [2.05, 4.69) is 44.4 Å². The van der Waals surface area contributed by atoms with Crippen LogP contribution in [0.25, 0.3) is 10.9 Å². The highest BCUT2D eigenvalue weighted by molar-refractivity contribution is 5.92. The third-order valence-electron chi connectivity index (χ3n) is 4.93. The molecule has 2 aromatic rings. The molecule has 0 aliphatic carbocycles. The van der Waals surface area contributed by atoms with Crippen molar-refractivity contribution in [2.24, 2.45) is 0 Å². The summed E-state index contributed by atoms with van der Waals surface area (Å²) in [5.74, 6) is 0. The van der Waals surface area contributed by atoms with Crippen LogP contribution in [-0.2, 0) is 0 Å². The molecule has 4 rings (SSSR count). The molecule has 2 N–H and O–H groups in total. The van der Waals surface area contributed by atoms with Crippen LogP contribution >= 0.6 is 0 Å². The van der Waals surface area contributed by atoms with Gasteiger partial charge in [-0.15, -0.1) is 0 Å². The SMILES string of the molecule is c1cc(N2CCN(C[C@@H]3CCCN3)CC2)c2cc[nH]c2c1. The Morgan fingerprint density at radius 3 is 2.81 bits per heavy atom. The second-order valence-electron chi connectivity index (χ2n) is 6.30. The first-order valence-corrected chi connectivity index (χ1v) is 8.17. The molecule has 2 aliphatic rings. The zero-order valence-corrected chi connectivity index (χ0v) is 12.5. The zero-order chi connectivity index (χ0) is 14.1. The quantitative estimate of drug-likeness (QED) is 0.905. The molecule has 2 aliphatic heterocycles. The highest BCUT2D eigenvalue weighted by Crippen LogP contribution is 2.27. The molecule has 4 heteroatoms. The van der Waals surface area contributed by atoms with Crippen molar-refractivity contribution in [3.05, 3.63) is 30.5 Å². The molecule has 1 aromatic heterocycles. The van der Waals surface area contributed by atoms with Crippen LogP contribution in [0, 0.1) is 0 Å². The van der Waals surface area contributed by atoms with Crippen LogP contribution in [0.1, 0.15) is 12.8 Å². The molecule has 1 aromatic carbocycles. The maximum absolute atomic E-state index is 3.61. The summed E-state index contributed by atoms with van der Waals surface area (Å²) < 4.78 is 0. The van der Waals surface area contributed by atoms with Gasteiger partial charge in [0.1, 0.15) is 0 Å². The third kappa shape index (κ3) is 2.65. The number of hydrogen-bond donors (Lipinski definition) is 2. The maximum Gasteiger partial charge on any atom is 0.0474 e. The molecule has 0 bridgehead atoms. The largest absolute Gasteiger partial charge is 0.368 e. The van der Waals surface area contributed by atoms with E-state index >= 15 is 0 Å². The number of nitrogens with one attached hydrogen (secondary N) is 2. The number of aromatic nitrogens is 1. The lowest BCUT2D eigenvalue weighted by molar-refractivity contribution is 0.236. The van der Waals surface area contributed by atoms with Gasteiger partial charge >= 0.3 is 0 Å². The van der Waals surface area contributed by atoms with Gasteiger partial charge in [0, 0.05) is 61.6 Å². The van der Waals surface area contributed by atoms with Gasteiger partial charge in [-0.25, -0.2) is 0 Å². The lowest BCUT2D eigenvalue weighted by Gasteiger charge is -2.37. The van der Waals surface area contributed by atoms with Gasteiger partial charge in [-0.05, 0) is 37.6 Å². The van der Waals surface area contributed by atoms with E-state index in [4.69, 9.17) is 0 Å². The molecule has 0 amide bonds. The minimum Gasteiger partial charge on any atom is -0.368 e. The fourth-order valence-corrected chi connectivity index (χ4v) is 3.74. The summed E-state index contributed by atoms with van der Waals surface area (Å²) in [5, 5.41) is 4.96. The predicted molar refractivity (Wildman–Crippen MR) is 88.0 cm³/mol. The number of piperazine rings is 1. The summed E-state index contributed by atoms with van der Waals surface area (Å²) in [6.45, 7) is 7.06. The predicted octanol–water partition coefficient (Wildman–Crippen LogP) is 2.04. The lowest BCUT2D eigenvalue weighted by atomic mass is 10.1. The molecule has 2 fully saturated rings. The summed E-state index contributed by atoms with van der Waals surface area (Å²) in [6, 6.07) is 9.48. The fraction of sp³-hybridized carbons (Fsp3) is 0.529. The van der Waals surface area contributed by atoms with Crippen LogP contribution < -0.4 is 10.2 Å². The van der Waals surface area contributed by atoms with Crippen LogP contribution in [-0.4, -0.2) is 55.2 Å². The van der Waals surface area contributed by atoms with Gasteiger partial charge in [-0.1, -0.05) is 6.07 Å². The smallest absolute Gasteiger partial charge is 0.0474 e. The Labute approximate surface area is 126 Å². The molecule has 3 heterocycles. The number of fused-ring (bicyclic) bond motifs is 1. The van der Waals surface area contributed by atoms with Crippen LogP contribution in [0.4, 0.5) is 5.69 Å². The Morgan fingerprint density at radius 2 is 2.00 bits per heavy atom. The summed E-state index contributed by atoms with van der Waals surface area (Å²) >= 11 is 0. The van der Waals surface area contributed by atoms with E-state index in [9.17, 15) is 0 Å². The number of anilines is 1. The monoisotopic (exact) mass is 284 g/mol. The van der Waals surface area contributed by atoms with Gasteiger partial charge in [0.2, 0.25) is 0 Å². The van der Waals surface area contributed by atoms with E-state index in [-0.39, 0.29) is 0 Å². The first-order chi connectivity index (χ1) is 10.4. The first kappa shape index (κ1) is 13.2. The Morgan fingerprint density at radius 1 is 1.10 bits per heavy atom. The minimum atomic E-state index is 0.727. The van der Waals surface area contributed by atoms with Crippen molar-refractivity contribution >= 4 is 16.6 Å². The first-order valence-electron chi connectivity index (χ1n) is 8.17. The van der Waals surface area contributed by atoms with Gasteiger partial charge in [0.15, 0.2) is 0 Å². The Bertz CT molecular complexity index is 592. The van der Waals surface area contributed by atoms with Crippen molar-refractivity contribution in [3.63, 3.8) is 0 Å². The summed E-state index contributed by atoms with van der Waals surface area (Å²) in [5.41, 5.74) is 2.62. The van der Waals surface area contributed by atoms with Crippen LogP contribution in [0.15, 0.2) is 30.5 Å². The fourth-order valence-electron chi connectivity index (χ4n) is 3.74. The molecule has 0 spiro atoms. The van der Waals surface area contributed by atoms with Crippen LogP contribution in [0.3, 0.4) is 0 Å². The van der Waals surface area contributed by atoms with Crippen molar-refractivity contribution in [2.45, 2.75) is 18.9 Å². The van der Waals surface area contributed by atoms with Gasteiger partial charge in [-0.2, -0.15) is 0 Å². The van der Waals surface area contributed by atoms with Gasteiger partial charge in [0.25, 0.3) is 0 Å². The number of H-pyrrole nitrogens is 1. The highest BCUT2D eigenvalue weighted by atomic mass is 15.3. The standard InChI is InChI=1S/C17H24N4/c1-4-16-15(6-8-19-16)17(5-1)21-11-9-20(10-12-21)13-14-3-2-7-18-14/h1,4-6,8,14,18-19H,2-3,7,9-13H2/t14-/m0/s1. The number of benzene rings is 1. The van der Waals surface area contributed by atoms with E-state index in [1.807, 2.05) is 6.20 Å². The molecular formula is C17H24N4. The molecular weight excluding hydrogens is 260 g/mol. The van der Waals surface area contributed by atoms with E-state index in [0.717, 1.165) is 19.1 Å². The summed E-state index contributed by atoms with van der Waals surface area (Å²) in [7, 11) is 0. The maximum atomic E-state index is 3.61. The van der Waals surface area contributed by atoms with Crippen molar-refractivity contribution < 1.29 is 0 Å². The average Bonchev–Trinajstić information content (AvgIpc) is 3.18. The Hall–Kier alpha value is -1.52. The Balaban J connectivity index is 1.41. The van der Waals surface area contributed by atoms with Crippen molar-refractivity contribution in [1.82, 2.24) is 15.2 Å². The van der Waals surface area contributed by atoms with E-state index in [1.165, 1.54) is 55.6 Å². The summed E-state index contributed by atoms with van der Waals surface area (Å²) in [4.78, 5) is 8.47. The number of nitrogens with zero attached hydrogens (tertiary/aromatic N) is 2. The lowest BCUT2D eigenvalue weighted by Crippen LogP contribution is -2.49. The number of hydrogen-bond acceptors (Lipinski definition) is 3. The molecule has 21 heavy (non-hydrogen) atoms. The van der Waals surface area contributed by atoms with Crippen LogP contribution in [0.5, 0.6) is 0 Å². The summed E-state index contributed by atoms with van der Waals surface area (Å²) in [6.07, 6.45) is 4.74. The molecule has 2 saturated heterocycles. The average molecular weight is 284 g/mol. The molecule has 112 valence electrons. The number of aromatic amines is 1. The molecule has 1 atom stereocenters. The highest BCUT2D eigenvalue weighted by Gasteiger charge is 2.22. The molecule has 4 nitrogen and oxygen atoms in total. The van der Waals surface area contributed by atoms with Gasteiger partial charge < -0.3 is 15.2 Å². The van der Waals surface area contributed by atoms with Gasteiger partial charge in [-0.3, -0.25) is 4.90 Å². The third-order valence-corrected chi connectivity index (χ3v) is 4.93. The molecule has 0 saturated carbocycles. The van der Waals surface area contributed by atoms with E-state index < -0.39 is 0 Å². The second kappa shape index (κ2) is 5.70. The molecule has 0 unspecified atom stereocenters. The van der Waals surface area contributed by atoms with Crippen molar-refractivity contribution in [2.75, 3.05) is 44.2 Å². The van der Waals surface area contributed by atoms with E-state index in [1.54, 1.807) is 0 Å². The minimum absolute atomic E-state index is 0.727. The normalized spacial score (nSPS) is 24.0. The van der Waals surface area contributed by atoms with Crippen molar-refractivity contribution in [3.8, 4) is 0 Å². The zero-order valence-electron chi connectivity index (χ0n) is 12.5. The van der Waals surface area contributed by atoms with Crippen LogP contribution in [0.2, 0.25) is 0 Å². The Kier molecular flexibility index (Phi) is 3.57. The molecule has 0 radical (unpaired) electrons. The second-order valence-corrected chi connectivity index (χ2v) is 6.30. The number of rotatable bonds is 3. The van der Waals surface area contributed by atoms with Gasteiger partial charge in [0.05, 0.1) is 0 Å². The topological polar surface area (TPSA) is 34.3 Å². The van der Waals surface area contributed by atoms with Crippen molar-refractivity contribution in [1.29, 1.82) is 0 Å². The van der Waals surface area contributed by atoms with E-state index in [0.29, 0.717) is 0 Å².